The number of thioether (sulfide) groups is 1. The number of imidazole rings is 1. The topological polar surface area (TPSA) is 41.4 Å². The van der Waals surface area contributed by atoms with E-state index in [0.29, 0.717) is 5.75 Å². The first-order valence-electron chi connectivity index (χ1n) is 9.61. The van der Waals surface area contributed by atoms with Crippen LogP contribution in [0.4, 0.5) is 5.69 Å². The molecule has 0 atom stereocenters. The summed E-state index contributed by atoms with van der Waals surface area (Å²) in [7, 11) is 0. The van der Waals surface area contributed by atoms with Crippen LogP contribution in [0, 0.1) is 6.92 Å². The Morgan fingerprint density at radius 3 is 2.59 bits per heavy atom. The first-order chi connectivity index (χ1) is 14.1. The Bertz CT molecular complexity index is 998. The number of carbonyl (C=O) groups excluding carboxylic acids is 1. The van der Waals surface area contributed by atoms with Gasteiger partial charge in [-0.25, -0.2) is 4.98 Å². The number of amides is 1. The molecule has 150 valence electrons. The van der Waals surface area contributed by atoms with Gasteiger partial charge in [-0.05, 0) is 42.8 Å². The Morgan fingerprint density at radius 2 is 1.83 bits per heavy atom. The van der Waals surface area contributed by atoms with Gasteiger partial charge in [0.25, 0.3) is 0 Å². The molecule has 3 aromatic rings. The monoisotopic (exact) mass is 426 g/mol. The molecule has 0 unspecified atom stereocenters. The van der Waals surface area contributed by atoms with E-state index in [1.165, 1.54) is 17.3 Å². The molecule has 1 aliphatic rings. The molecule has 0 bridgehead atoms. The second kappa shape index (κ2) is 8.93. The molecule has 2 heterocycles. The minimum atomic E-state index is 0.152. The highest BCUT2D eigenvalue weighted by molar-refractivity contribution is 7.99. The minimum absolute atomic E-state index is 0.152. The lowest BCUT2D eigenvalue weighted by Crippen LogP contribution is -2.49. The summed E-state index contributed by atoms with van der Waals surface area (Å²) in [5, 5.41) is 1.57. The molecule has 0 spiro atoms. The molecule has 1 saturated heterocycles. The van der Waals surface area contributed by atoms with Gasteiger partial charge >= 0.3 is 0 Å². The average molecular weight is 427 g/mol. The molecule has 5 nitrogen and oxygen atoms in total. The van der Waals surface area contributed by atoms with Gasteiger partial charge in [-0.2, -0.15) is 0 Å². The van der Waals surface area contributed by atoms with E-state index in [2.05, 4.69) is 41.1 Å². The Labute approximate surface area is 180 Å². The summed E-state index contributed by atoms with van der Waals surface area (Å²) in [5.41, 5.74) is 3.37. The minimum Gasteiger partial charge on any atom is -0.368 e. The van der Waals surface area contributed by atoms with Gasteiger partial charge in [0.05, 0.1) is 5.75 Å². The molecule has 7 heteroatoms. The summed E-state index contributed by atoms with van der Waals surface area (Å²) >= 11 is 7.58. The fourth-order valence-corrected chi connectivity index (χ4v) is 4.54. The molecular formula is C22H23ClN4OS. The average Bonchev–Trinajstić information content (AvgIpc) is 3.21. The lowest BCUT2D eigenvalue weighted by Gasteiger charge is -2.36. The molecule has 1 aliphatic heterocycles. The zero-order valence-electron chi connectivity index (χ0n) is 16.3. The third-order valence-corrected chi connectivity index (χ3v) is 6.20. The molecule has 1 fully saturated rings. The van der Waals surface area contributed by atoms with Gasteiger partial charge in [0.15, 0.2) is 5.16 Å². The fraction of sp³-hybridized carbons (Fsp3) is 0.273. The van der Waals surface area contributed by atoms with Crippen LogP contribution in [0.5, 0.6) is 0 Å². The Kier molecular flexibility index (Phi) is 6.11. The lowest BCUT2D eigenvalue weighted by atomic mass is 10.2. The van der Waals surface area contributed by atoms with Crippen LogP contribution in [-0.4, -0.2) is 52.3 Å². The second-order valence-corrected chi connectivity index (χ2v) is 8.43. The van der Waals surface area contributed by atoms with Crippen LogP contribution in [0.3, 0.4) is 0 Å². The van der Waals surface area contributed by atoms with E-state index in [-0.39, 0.29) is 5.91 Å². The molecule has 29 heavy (non-hydrogen) atoms. The highest BCUT2D eigenvalue weighted by Gasteiger charge is 2.22. The van der Waals surface area contributed by atoms with E-state index in [1.807, 2.05) is 39.9 Å². The number of piperazine rings is 1. The maximum atomic E-state index is 12.7. The first-order valence-corrected chi connectivity index (χ1v) is 11.0. The second-order valence-electron chi connectivity index (χ2n) is 7.06. The van der Waals surface area contributed by atoms with Gasteiger partial charge in [-0.15, -0.1) is 0 Å². The van der Waals surface area contributed by atoms with Gasteiger partial charge in [-0.3, -0.25) is 9.36 Å². The summed E-state index contributed by atoms with van der Waals surface area (Å²) in [6.07, 6.45) is 3.71. The predicted octanol–water partition coefficient (Wildman–Crippen LogP) is 4.28. The van der Waals surface area contributed by atoms with Crippen molar-refractivity contribution in [1.82, 2.24) is 14.5 Å². The summed E-state index contributed by atoms with van der Waals surface area (Å²) in [6, 6.07) is 16.1. The van der Waals surface area contributed by atoms with Crippen molar-refractivity contribution in [3.63, 3.8) is 0 Å². The number of benzene rings is 2. The number of carbonyl (C=O) groups is 1. The summed E-state index contributed by atoms with van der Waals surface area (Å²) < 4.78 is 2.03. The molecule has 2 aromatic carbocycles. The molecule has 1 amide bonds. The Hall–Kier alpha value is -2.44. The van der Waals surface area contributed by atoms with E-state index in [0.717, 1.165) is 47.7 Å². The molecule has 0 saturated carbocycles. The number of hydrogen-bond acceptors (Lipinski definition) is 4. The molecule has 1 aromatic heterocycles. The number of aromatic nitrogens is 2. The Morgan fingerprint density at radius 1 is 1.07 bits per heavy atom. The van der Waals surface area contributed by atoms with Crippen LogP contribution in [0.2, 0.25) is 5.02 Å². The predicted molar refractivity (Wildman–Crippen MR) is 119 cm³/mol. The summed E-state index contributed by atoms with van der Waals surface area (Å²) in [6.45, 7) is 5.14. The van der Waals surface area contributed by atoms with Crippen LogP contribution in [0.1, 0.15) is 5.56 Å². The van der Waals surface area contributed by atoms with Crippen LogP contribution < -0.4 is 4.90 Å². The van der Waals surface area contributed by atoms with Crippen LogP contribution in [0.25, 0.3) is 5.69 Å². The summed E-state index contributed by atoms with van der Waals surface area (Å²) in [4.78, 5) is 21.4. The van der Waals surface area contributed by atoms with Crippen LogP contribution in [0.15, 0.2) is 66.1 Å². The SMILES string of the molecule is Cc1cccc(-n2ccnc2SCC(=O)N2CCN(c3cccc(Cl)c3)CC2)c1. The van der Waals surface area contributed by atoms with E-state index < -0.39 is 0 Å². The highest BCUT2D eigenvalue weighted by atomic mass is 35.5. The zero-order valence-corrected chi connectivity index (χ0v) is 17.9. The summed E-state index contributed by atoms with van der Waals surface area (Å²) in [5.74, 6) is 0.541. The third-order valence-electron chi connectivity index (χ3n) is 5.02. The van der Waals surface area contributed by atoms with E-state index in [1.54, 1.807) is 6.20 Å². The van der Waals surface area contributed by atoms with Gasteiger partial charge in [0.1, 0.15) is 0 Å². The smallest absolute Gasteiger partial charge is 0.233 e. The number of halogens is 1. The normalized spacial score (nSPS) is 14.3. The number of anilines is 1. The number of rotatable bonds is 5. The fourth-order valence-electron chi connectivity index (χ4n) is 3.48. The van der Waals surface area contributed by atoms with Crippen molar-refractivity contribution in [3.05, 3.63) is 71.5 Å². The third kappa shape index (κ3) is 4.77. The van der Waals surface area contributed by atoms with E-state index in [4.69, 9.17) is 11.6 Å². The maximum Gasteiger partial charge on any atom is 0.233 e. The number of nitrogens with zero attached hydrogens (tertiary/aromatic N) is 4. The van der Waals surface area contributed by atoms with E-state index >= 15 is 0 Å². The zero-order chi connectivity index (χ0) is 20.2. The van der Waals surface area contributed by atoms with Crippen molar-refractivity contribution in [3.8, 4) is 5.69 Å². The van der Waals surface area contributed by atoms with Gasteiger partial charge < -0.3 is 9.80 Å². The van der Waals surface area contributed by atoms with Gasteiger partial charge in [0.2, 0.25) is 5.91 Å². The highest BCUT2D eigenvalue weighted by Crippen LogP contribution is 2.23. The molecule has 0 radical (unpaired) electrons. The standard InChI is InChI=1S/C22H23ClN4OS/c1-17-4-2-7-20(14-17)27-9-8-24-22(27)29-16-21(28)26-12-10-25(11-13-26)19-6-3-5-18(23)15-19/h2-9,14-15H,10-13,16H2,1H3. The van der Waals surface area contributed by atoms with Crippen molar-refractivity contribution in [1.29, 1.82) is 0 Å². The van der Waals surface area contributed by atoms with Gasteiger partial charge in [0, 0.05) is 55.0 Å². The van der Waals surface area contributed by atoms with Crippen LogP contribution in [-0.2, 0) is 4.79 Å². The van der Waals surface area contributed by atoms with Crippen molar-refractivity contribution in [2.75, 3.05) is 36.8 Å². The molecule has 4 rings (SSSR count). The van der Waals surface area contributed by atoms with Crippen molar-refractivity contribution in [2.24, 2.45) is 0 Å². The van der Waals surface area contributed by atoms with Crippen molar-refractivity contribution >= 4 is 35.0 Å². The van der Waals surface area contributed by atoms with Crippen molar-refractivity contribution < 1.29 is 4.79 Å². The number of aryl methyl sites for hydroxylation is 1. The largest absolute Gasteiger partial charge is 0.368 e. The van der Waals surface area contributed by atoms with E-state index in [9.17, 15) is 4.79 Å². The Balaban J connectivity index is 1.33. The quantitative estimate of drug-likeness (QED) is 0.571. The maximum absolute atomic E-state index is 12.7. The lowest BCUT2D eigenvalue weighted by molar-refractivity contribution is -0.128. The number of hydrogen-bond donors (Lipinski definition) is 0. The van der Waals surface area contributed by atoms with Crippen LogP contribution >= 0.6 is 23.4 Å². The van der Waals surface area contributed by atoms with Gasteiger partial charge in [-0.1, -0.05) is 41.6 Å². The molecule has 0 N–H and O–H groups in total. The molecular weight excluding hydrogens is 404 g/mol. The first kappa shape index (κ1) is 19.9. The van der Waals surface area contributed by atoms with Crippen molar-refractivity contribution in [2.45, 2.75) is 12.1 Å². The molecule has 0 aliphatic carbocycles.